The van der Waals surface area contributed by atoms with Gasteiger partial charge in [-0.15, -0.1) is 0 Å². The molecule has 4 heteroatoms. The SMILES string of the molecule is CC(C)CC(N)C(=O)N(C)C(C)c1cc2ccccc2o1. The molecule has 0 bridgehead atoms. The van der Waals surface area contributed by atoms with Crippen LogP contribution in [-0.2, 0) is 4.79 Å². The molecule has 1 aromatic heterocycles. The van der Waals surface area contributed by atoms with Gasteiger partial charge in [0.1, 0.15) is 11.3 Å². The first kappa shape index (κ1) is 15.6. The van der Waals surface area contributed by atoms with Gasteiger partial charge in [-0.05, 0) is 31.4 Å². The number of benzene rings is 1. The molecule has 114 valence electrons. The second-order valence-electron chi connectivity index (χ2n) is 6.05. The Kier molecular flexibility index (Phi) is 4.68. The molecular weight excluding hydrogens is 264 g/mol. The molecule has 0 saturated heterocycles. The van der Waals surface area contributed by atoms with Crippen molar-refractivity contribution in [2.75, 3.05) is 7.05 Å². The van der Waals surface area contributed by atoms with Crippen molar-refractivity contribution in [1.29, 1.82) is 0 Å². The van der Waals surface area contributed by atoms with Crippen LogP contribution in [0.25, 0.3) is 11.0 Å². The van der Waals surface area contributed by atoms with E-state index < -0.39 is 6.04 Å². The standard InChI is InChI=1S/C17H24N2O2/c1-11(2)9-14(18)17(20)19(4)12(3)16-10-13-7-5-6-8-15(13)21-16/h5-8,10-12,14H,9,18H2,1-4H3. The molecule has 0 aliphatic carbocycles. The normalized spacial score (nSPS) is 14.4. The zero-order valence-electron chi connectivity index (χ0n) is 13.2. The van der Waals surface area contributed by atoms with Crippen LogP contribution in [0.4, 0.5) is 0 Å². The summed E-state index contributed by atoms with van der Waals surface area (Å²) in [7, 11) is 1.78. The molecule has 0 saturated carbocycles. The Bertz CT molecular complexity index is 585. The van der Waals surface area contributed by atoms with Crippen molar-refractivity contribution in [3.63, 3.8) is 0 Å². The molecule has 0 fully saturated rings. The highest BCUT2D eigenvalue weighted by molar-refractivity contribution is 5.82. The lowest BCUT2D eigenvalue weighted by Gasteiger charge is -2.26. The number of furan rings is 1. The number of rotatable bonds is 5. The molecule has 2 N–H and O–H groups in total. The predicted molar refractivity (Wildman–Crippen MR) is 84.8 cm³/mol. The molecular formula is C17H24N2O2. The van der Waals surface area contributed by atoms with Crippen LogP contribution in [0.5, 0.6) is 0 Å². The molecule has 0 spiro atoms. The summed E-state index contributed by atoms with van der Waals surface area (Å²) in [5.74, 6) is 1.14. The van der Waals surface area contributed by atoms with Crippen LogP contribution in [0.15, 0.2) is 34.7 Å². The van der Waals surface area contributed by atoms with E-state index in [2.05, 4.69) is 13.8 Å². The summed E-state index contributed by atoms with van der Waals surface area (Å²) in [5.41, 5.74) is 6.83. The van der Waals surface area contributed by atoms with E-state index in [1.54, 1.807) is 11.9 Å². The summed E-state index contributed by atoms with van der Waals surface area (Å²) in [6.07, 6.45) is 0.690. The Hall–Kier alpha value is -1.81. The molecule has 2 atom stereocenters. The Morgan fingerprint density at radius 2 is 1.95 bits per heavy atom. The number of nitrogens with two attached hydrogens (primary N) is 1. The van der Waals surface area contributed by atoms with E-state index in [-0.39, 0.29) is 11.9 Å². The Morgan fingerprint density at radius 1 is 1.29 bits per heavy atom. The quantitative estimate of drug-likeness (QED) is 0.918. The number of carbonyl (C=O) groups excluding carboxylic acids is 1. The van der Waals surface area contributed by atoms with Crippen LogP contribution < -0.4 is 5.73 Å². The predicted octanol–water partition coefficient (Wildman–Crippen LogP) is 3.33. The lowest BCUT2D eigenvalue weighted by atomic mass is 10.0. The van der Waals surface area contributed by atoms with E-state index in [1.165, 1.54) is 0 Å². The molecule has 2 rings (SSSR count). The molecule has 0 aliphatic heterocycles. The first-order valence-electron chi connectivity index (χ1n) is 7.41. The van der Waals surface area contributed by atoms with Crippen LogP contribution in [0.3, 0.4) is 0 Å². The van der Waals surface area contributed by atoms with Gasteiger partial charge in [-0.2, -0.15) is 0 Å². The number of para-hydroxylation sites is 1. The highest BCUT2D eigenvalue weighted by atomic mass is 16.3. The van der Waals surface area contributed by atoms with Gasteiger partial charge in [0.2, 0.25) is 5.91 Å². The van der Waals surface area contributed by atoms with Crippen LogP contribution >= 0.6 is 0 Å². The van der Waals surface area contributed by atoms with Gasteiger partial charge in [0.25, 0.3) is 0 Å². The molecule has 4 nitrogen and oxygen atoms in total. The minimum absolute atomic E-state index is 0.0448. The molecule has 2 aromatic rings. The van der Waals surface area contributed by atoms with E-state index in [1.807, 2.05) is 37.3 Å². The maximum Gasteiger partial charge on any atom is 0.239 e. The molecule has 1 amide bonds. The minimum Gasteiger partial charge on any atom is -0.459 e. The van der Waals surface area contributed by atoms with Crippen molar-refractivity contribution >= 4 is 16.9 Å². The van der Waals surface area contributed by atoms with Crippen molar-refractivity contribution in [2.24, 2.45) is 11.7 Å². The van der Waals surface area contributed by atoms with E-state index >= 15 is 0 Å². The van der Waals surface area contributed by atoms with Gasteiger partial charge in [-0.3, -0.25) is 4.79 Å². The zero-order valence-corrected chi connectivity index (χ0v) is 13.2. The fourth-order valence-electron chi connectivity index (χ4n) is 2.46. The van der Waals surface area contributed by atoms with Crippen molar-refractivity contribution in [2.45, 2.75) is 39.3 Å². The zero-order chi connectivity index (χ0) is 15.6. The Balaban J connectivity index is 2.14. The molecule has 0 radical (unpaired) electrons. The smallest absolute Gasteiger partial charge is 0.239 e. The Labute approximate surface area is 125 Å². The first-order chi connectivity index (χ1) is 9.90. The summed E-state index contributed by atoms with van der Waals surface area (Å²) >= 11 is 0. The number of hydrogen-bond donors (Lipinski definition) is 1. The summed E-state index contributed by atoms with van der Waals surface area (Å²) < 4.78 is 5.83. The minimum atomic E-state index is -0.457. The van der Waals surface area contributed by atoms with Crippen LogP contribution in [0.1, 0.15) is 39.0 Å². The van der Waals surface area contributed by atoms with Gasteiger partial charge in [0.15, 0.2) is 0 Å². The maximum atomic E-state index is 12.4. The molecule has 1 heterocycles. The monoisotopic (exact) mass is 288 g/mol. The van der Waals surface area contributed by atoms with Crippen molar-refractivity contribution < 1.29 is 9.21 Å². The number of fused-ring (bicyclic) bond motifs is 1. The summed E-state index contributed by atoms with van der Waals surface area (Å²) in [4.78, 5) is 14.0. The average Bonchev–Trinajstić information content (AvgIpc) is 2.87. The van der Waals surface area contributed by atoms with Crippen LogP contribution in [0.2, 0.25) is 0 Å². The largest absolute Gasteiger partial charge is 0.459 e. The van der Waals surface area contributed by atoms with Gasteiger partial charge in [0, 0.05) is 12.4 Å². The van der Waals surface area contributed by atoms with Gasteiger partial charge in [0.05, 0.1) is 12.1 Å². The summed E-state index contributed by atoms with van der Waals surface area (Å²) in [6, 6.07) is 9.23. The van der Waals surface area contributed by atoms with E-state index in [0.717, 1.165) is 16.7 Å². The van der Waals surface area contributed by atoms with Gasteiger partial charge in [-0.25, -0.2) is 0 Å². The number of amides is 1. The number of likely N-dealkylation sites (N-methyl/N-ethyl adjacent to an activating group) is 1. The molecule has 1 aromatic carbocycles. The summed E-state index contributed by atoms with van der Waals surface area (Å²) in [6.45, 7) is 6.09. The van der Waals surface area contributed by atoms with Crippen molar-refractivity contribution in [3.05, 3.63) is 36.1 Å². The molecule has 2 unspecified atom stereocenters. The average molecular weight is 288 g/mol. The lowest BCUT2D eigenvalue weighted by Crippen LogP contribution is -2.43. The third kappa shape index (κ3) is 3.45. The topological polar surface area (TPSA) is 59.5 Å². The number of nitrogens with zero attached hydrogens (tertiary/aromatic N) is 1. The van der Waals surface area contributed by atoms with Crippen LogP contribution in [0, 0.1) is 5.92 Å². The van der Waals surface area contributed by atoms with E-state index in [0.29, 0.717) is 12.3 Å². The van der Waals surface area contributed by atoms with Crippen molar-refractivity contribution in [3.8, 4) is 0 Å². The maximum absolute atomic E-state index is 12.4. The highest BCUT2D eigenvalue weighted by Gasteiger charge is 2.25. The second kappa shape index (κ2) is 6.31. The summed E-state index contributed by atoms with van der Waals surface area (Å²) in [5, 5.41) is 1.05. The molecule has 0 aliphatic rings. The number of hydrogen-bond acceptors (Lipinski definition) is 3. The third-order valence-corrected chi connectivity index (χ3v) is 3.83. The van der Waals surface area contributed by atoms with Crippen molar-refractivity contribution in [1.82, 2.24) is 4.90 Å². The van der Waals surface area contributed by atoms with E-state index in [9.17, 15) is 4.79 Å². The van der Waals surface area contributed by atoms with Gasteiger partial charge in [-0.1, -0.05) is 32.0 Å². The van der Waals surface area contributed by atoms with Crippen LogP contribution in [-0.4, -0.2) is 23.9 Å². The fraction of sp³-hybridized carbons (Fsp3) is 0.471. The van der Waals surface area contributed by atoms with E-state index in [4.69, 9.17) is 10.2 Å². The first-order valence-corrected chi connectivity index (χ1v) is 7.41. The highest BCUT2D eigenvalue weighted by Crippen LogP contribution is 2.27. The van der Waals surface area contributed by atoms with Gasteiger partial charge < -0.3 is 15.1 Å². The fourth-order valence-corrected chi connectivity index (χ4v) is 2.46. The number of carbonyl (C=O) groups is 1. The van der Waals surface area contributed by atoms with Gasteiger partial charge >= 0.3 is 0 Å². The Morgan fingerprint density at radius 3 is 2.57 bits per heavy atom. The second-order valence-corrected chi connectivity index (χ2v) is 6.05. The lowest BCUT2D eigenvalue weighted by molar-refractivity contribution is -0.133. The molecule has 21 heavy (non-hydrogen) atoms. The third-order valence-electron chi connectivity index (χ3n) is 3.83.